The van der Waals surface area contributed by atoms with Gasteiger partial charge in [-0.2, -0.15) is 4.72 Å². The third-order valence-corrected chi connectivity index (χ3v) is 5.78. The molecule has 2 N–H and O–H groups in total. The van der Waals surface area contributed by atoms with E-state index in [1.807, 2.05) is 0 Å². The number of carbonyl (C=O) groups is 1. The fourth-order valence-corrected chi connectivity index (χ4v) is 4.54. The maximum Gasteiger partial charge on any atom is 0.325 e. The highest BCUT2D eigenvalue weighted by atomic mass is 79.9. The van der Waals surface area contributed by atoms with Crippen molar-refractivity contribution in [3.05, 3.63) is 27.7 Å². The van der Waals surface area contributed by atoms with Crippen molar-refractivity contribution in [3.63, 3.8) is 0 Å². The summed E-state index contributed by atoms with van der Waals surface area (Å²) in [7, 11) is -4.05. The molecule has 1 heterocycles. The Labute approximate surface area is 135 Å². The summed E-state index contributed by atoms with van der Waals surface area (Å²) in [4.78, 5) is 11.3. The van der Waals surface area contributed by atoms with E-state index in [2.05, 4.69) is 20.7 Å². The van der Waals surface area contributed by atoms with E-state index in [1.165, 1.54) is 18.2 Å². The number of nitrogens with one attached hydrogen (secondary N) is 1. The standard InChI is InChI=1S/C12H13BrClNO5S/c13-8-1-2-10(9(14)7-8)21(18,19)15-12(11(16)17)3-5-20-6-4-12/h1-2,7,15H,3-6H2,(H,16,17). The molecule has 0 saturated carbocycles. The van der Waals surface area contributed by atoms with E-state index in [0.29, 0.717) is 4.47 Å². The molecule has 1 fully saturated rings. The number of carboxylic acid groups (broad SMARTS) is 1. The molecule has 0 aromatic heterocycles. The third kappa shape index (κ3) is 3.57. The number of ether oxygens (including phenoxy) is 1. The summed E-state index contributed by atoms with van der Waals surface area (Å²) in [6.07, 6.45) is 0.130. The van der Waals surface area contributed by atoms with Crippen LogP contribution in [0.5, 0.6) is 0 Å². The Morgan fingerprint density at radius 2 is 2.00 bits per heavy atom. The topological polar surface area (TPSA) is 92.7 Å². The molecule has 1 aliphatic heterocycles. The van der Waals surface area contributed by atoms with Crippen LogP contribution in [0.1, 0.15) is 12.8 Å². The summed E-state index contributed by atoms with van der Waals surface area (Å²) in [5, 5.41) is 9.41. The van der Waals surface area contributed by atoms with E-state index >= 15 is 0 Å². The maximum absolute atomic E-state index is 12.4. The molecule has 0 spiro atoms. The largest absolute Gasteiger partial charge is 0.480 e. The fraction of sp³-hybridized carbons (Fsp3) is 0.417. The van der Waals surface area contributed by atoms with Crippen LogP contribution in [0.15, 0.2) is 27.6 Å². The molecule has 9 heteroatoms. The molecule has 0 unspecified atom stereocenters. The summed E-state index contributed by atoms with van der Waals surface area (Å²) in [6, 6.07) is 4.29. The SMILES string of the molecule is O=C(O)C1(NS(=O)(=O)c2ccc(Br)cc2Cl)CCOCC1. The second kappa shape index (κ2) is 6.21. The maximum atomic E-state index is 12.4. The first kappa shape index (κ1) is 16.7. The highest BCUT2D eigenvalue weighted by molar-refractivity contribution is 9.10. The predicted molar refractivity (Wildman–Crippen MR) is 79.9 cm³/mol. The first-order chi connectivity index (χ1) is 9.77. The Bertz CT molecular complexity index is 658. The Morgan fingerprint density at radius 1 is 1.38 bits per heavy atom. The van der Waals surface area contributed by atoms with Gasteiger partial charge in [0.05, 0.1) is 5.02 Å². The molecule has 1 aromatic carbocycles. The average Bonchev–Trinajstić information content (AvgIpc) is 2.38. The minimum absolute atomic E-state index is 0.0180. The van der Waals surface area contributed by atoms with Gasteiger partial charge in [-0.1, -0.05) is 27.5 Å². The molecule has 0 aliphatic carbocycles. The average molecular weight is 399 g/mol. The number of halogens is 2. The van der Waals surface area contributed by atoms with Gasteiger partial charge in [-0.05, 0) is 18.2 Å². The van der Waals surface area contributed by atoms with Crippen LogP contribution in [-0.2, 0) is 19.6 Å². The van der Waals surface area contributed by atoms with Crippen molar-refractivity contribution in [3.8, 4) is 0 Å². The summed E-state index contributed by atoms with van der Waals surface area (Å²) < 4.78 is 32.9. The zero-order chi connectivity index (χ0) is 15.7. The second-order valence-corrected chi connectivity index (χ2v) is 7.65. The molecule has 1 aromatic rings. The number of hydrogen-bond acceptors (Lipinski definition) is 4. The van der Waals surface area contributed by atoms with Crippen LogP contribution in [0.3, 0.4) is 0 Å². The zero-order valence-electron chi connectivity index (χ0n) is 10.8. The third-order valence-electron chi connectivity index (χ3n) is 3.27. The van der Waals surface area contributed by atoms with Gasteiger partial charge >= 0.3 is 5.97 Å². The molecule has 21 heavy (non-hydrogen) atoms. The summed E-state index contributed by atoms with van der Waals surface area (Å²) in [6.45, 7) is 0.367. The monoisotopic (exact) mass is 397 g/mol. The van der Waals surface area contributed by atoms with Crippen molar-refractivity contribution >= 4 is 43.5 Å². The highest BCUT2D eigenvalue weighted by Gasteiger charge is 2.44. The van der Waals surface area contributed by atoms with Crippen LogP contribution in [-0.4, -0.2) is 38.2 Å². The van der Waals surface area contributed by atoms with E-state index in [9.17, 15) is 18.3 Å². The number of hydrogen-bond donors (Lipinski definition) is 2. The van der Waals surface area contributed by atoms with Crippen LogP contribution in [0.2, 0.25) is 5.02 Å². The van der Waals surface area contributed by atoms with E-state index in [0.717, 1.165) is 0 Å². The highest BCUT2D eigenvalue weighted by Crippen LogP contribution is 2.28. The normalized spacial score (nSPS) is 18.4. The van der Waals surface area contributed by atoms with Gasteiger partial charge < -0.3 is 9.84 Å². The lowest BCUT2D eigenvalue weighted by atomic mass is 9.92. The van der Waals surface area contributed by atoms with Gasteiger partial charge in [0.15, 0.2) is 0 Å². The lowest BCUT2D eigenvalue weighted by Crippen LogP contribution is -2.57. The van der Waals surface area contributed by atoms with Crippen molar-refractivity contribution in [1.82, 2.24) is 4.72 Å². The van der Waals surface area contributed by atoms with Crippen molar-refractivity contribution in [2.45, 2.75) is 23.3 Å². The lowest BCUT2D eigenvalue weighted by Gasteiger charge is -2.33. The van der Waals surface area contributed by atoms with Crippen molar-refractivity contribution in [1.29, 1.82) is 0 Å². The van der Waals surface area contributed by atoms with Crippen molar-refractivity contribution in [2.24, 2.45) is 0 Å². The van der Waals surface area contributed by atoms with Crippen LogP contribution in [0, 0.1) is 0 Å². The van der Waals surface area contributed by atoms with Crippen LogP contribution >= 0.6 is 27.5 Å². The Hall–Kier alpha value is -0.670. The fourth-order valence-electron chi connectivity index (χ4n) is 2.08. The Kier molecular flexibility index (Phi) is 4.94. The van der Waals surface area contributed by atoms with Crippen LogP contribution < -0.4 is 4.72 Å². The van der Waals surface area contributed by atoms with Crippen LogP contribution in [0.25, 0.3) is 0 Å². The van der Waals surface area contributed by atoms with Crippen LogP contribution in [0.4, 0.5) is 0 Å². The van der Waals surface area contributed by atoms with E-state index in [1.54, 1.807) is 0 Å². The van der Waals surface area contributed by atoms with Gasteiger partial charge in [0.2, 0.25) is 10.0 Å². The van der Waals surface area contributed by atoms with Gasteiger partial charge in [0.1, 0.15) is 10.4 Å². The first-order valence-electron chi connectivity index (χ1n) is 6.07. The van der Waals surface area contributed by atoms with Gasteiger partial charge in [-0.15, -0.1) is 0 Å². The number of aliphatic carboxylic acids is 1. The number of rotatable bonds is 4. The van der Waals surface area contributed by atoms with Crippen molar-refractivity contribution < 1.29 is 23.1 Å². The molecule has 6 nitrogen and oxygen atoms in total. The lowest BCUT2D eigenvalue weighted by molar-refractivity contribution is -0.147. The minimum atomic E-state index is -4.05. The molecule has 0 radical (unpaired) electrons. The predicted octanol–water partition coefficient (Wildman–Crippen LogP) is 2.01. The van der Waals surface area contributed by atoms with E-state index < -0.39 is 21.5 Å². The first-order valence-corrected chi connectivity index (χ1v) is 8.72. The number of sulfonamides is 1. The molecular weight excluding hydrogens is 386 g/mol. The van der Waals surface area contributed by atoms with Gasteiger partial charge in [-0.3, -0.25) is 4.79 Å². The van der Waals surface area contributed by atoms with E-state index in [-0.39, 0.29) is 36.0 Å². The van der Waals surface area contributed by atoms with E-state index in [4.69, 9.17) is 16.3 Å². The second-order valence-electron chi connectivity index (χ2n) is 4.68. The smallest absolute Gasteiger partial charge is 0.325 e. The quantitative estimate of drug-likeness (QED) is 0.809. The van der Waals surface area contributed by atoms with Gasteiger partial charge in [0.25, 0.3) is 0 Å². The summed E-state index contributed by atoms with van der Waals surface area (Å²) in [5.41, 5.74) is -1.56. The molecule has 0 bridgehead atoms. The summed E-state index contributed by atoms with van der Waals surface area (Å²) in [5.74, 6) is -1.22. The zero-order valence-corrected chi connectivity index (χ0v) is 14.0. The molecule has 116 valence electrons. The van der Waals surface area contributed by atoms with Gasteiger partial charge in [0, 0.05) is 30.5 Å². The molecule has 0 atom stereocenters. The van der Waals surface area contributed by atoms with Crippen molar-refractivity contribution in [2.75, 3.05) is 13.2 Å². The molecule has 0 amide bonds. The van der Waals surface area contributed by atoms with Gasteiger partial charge in [-0.25, -0.2) is 8.42 Å². The molecule has 1 aliphatic rings. The number of benzene rings is 1. The minimum Gasteiger partial charge on any atom is -0.480 e. The molecular formula is C12H13BrClNO5S. The number of carboxylic acids is 1. The molecule has 1 saturated heterocycles. The molecule has 2 rings (SSSR count). The Balaban J connectivity index is 2.37. The Morgan fingerprint density at radius 3 is 2.52 bits per heavy atom. The summed E-state index contributed by atoms with van der Waals surface area (Å²) >= 11 is 9.12.